The normalized spacial score (nSPS) is 11.4. The van der Waals surface area contributed by atoms with E-state index in [9.17, 15) is 4.39 Å². The average Bonchev–Trinajstić information content (AvgIpc) is 2.57. The highest BCUT2D eigenvalue weighted by molar-refractivity contribution is 9.10. The number of benzene rings is 1. The van der Waals surface area contributed by atoms with Gasteiger partial charge in [0.15, 0.2) is 11.6 Å². The quantitative estimate of drug-likeness (QED) is 0.528. The maximum Gasteiger partial charge on any atom is 0.169 e. The maximum absolute atomic E-state index is 14.4. The number of pyridine rings is 1. The van der Waals surface area contributed by atoms with Gasteiger partial charge in [-0.05, 0) is 64.0 Å². The van der Waals surface area contributed by atoms with Crippen LogP contribution in [0.4, 0.5) is 10.2 Å². The SMILES string of the molecule is CCC(C)(C)Cc1cc(F)c(OCCCNc2ccccn2)c(Br)c1. The molecule has 5 heteroatoms. The van der Waals surface area contributed by atoms with E-state index >= 15 is 0 Å². The molecule has 0 fully saturated rings. The van der Waals surface area contributed by atoms with E-state index in [0.29, 0.717) is 11.1 Å². The largest absolute Gasteiger partial charge is 0.489 e. The molecule has 0 unspecified atom stereocenters. The van der Waals surface area contributed by atoms with Crippen LogP contribution in [0.3, 0.4) is 0 Å². The van der Waals surface area contributed by atoms with Crippen molar-refractivity contribution >= 4 is 21.7 Å². The second kappa shape index (κ2) is 9.18. The molecule has 0 aliphatic carbocycles. The van der Waals surface area contributed by atoms with Crippen molar-refractivity contribution in [2.24, 2.45) is 5.41 Å². The number of ether oxygens (including phenoxy) is 1. The van der Waals surface area contributed by atoms with Gasteiger partial charge >= 0.3 is 0 Å². The summed E-state index contributed by atoms with van der Waals surface area (Å²) >= 11 is 3.44. The molecule has 1 heterocycles. The lowest BCUT2D eigenvalue weighted by Gasteiger charge is -2.23. The molecule has 1 aromatic carbocycles. The van der Waals surface area contributed by atoms with Crippen molar-refractivity contribution in [3.63, 3.8) is 0 Å². The summed E-state index contributed by atoms with van der Waals surface area (Å²) in [5.41, 5.74) is 1.14. The van der Waals surface area contributed by atoms with Gasteiger partial charge in [-0.3, -0.25) is 0 Å². The molecular weight excluding hydrogens is 383 g/mol. The number of anilines is 1. The Bertz CT molecular complexity index is 654. The summed E-state index contributed by atoms with van der Waals surface area (Å²) in [5, 5.41) is 3.20. The van der Waals surface area contributed by atoms with Gasteiger partial charge in [-0.2, -0.15) is 0 Å². The minimum absolute atomic E-state index is 0.158. The van der Waals surface area contributed by atoms with E-state index in [1.54, 1.807) is 12.3 Å². The van der Waals surface area contributed by atoms with Crippen LogP contribution in [0.1, 0.15) is 39.2 Å². The molecule has 2 aromatic rings. The lowest BCUT2D eigenvalue weighted by Crippen LogP contribution is -2.14. The fourth-order valence-corrected chi connectivity index (χ4v) is 3.06. The lowest BCUT2D eigenvalue weighted by atomic mass is 9.83. The second-order valence-electron chi connectivity index (χ2n) is 6.93. The van der Waals surface area contributed by atoms with Gasteiger partial charge in [-0.25, -0.2) is 9.37 Å². The Kier molecular flexibility index (Phi) is 7.24. The monoisotopic (exact) mass is 408 g/mol. The van der Waals surface area contributed by atoms with Crippen LogP contribution in [-0.4, -0.2) is 18.1 Å². The summed E-state index contributed by atoms with van der Waals surface area (Å²) < 4.78 is 20.7. The molecule has 1 aromatic heterocycles. The Labute approximate surface area is 158 Å². The molecule has 25 heavy (non-hydrogen) atoms. The zero-order valence-electron chi connectivity index (χ0n) is 15.1. The molecule has 0 amide bonds. The zero-order valence-corrected chi connectivity index (χ0v) is 16.7. The van der Waals surface area contributed by atoms with Crippen LogP contribution in [0.5, 0.6) is 5.75 Å². The molecule has 3 nitrogen and oxygen atoms in total. The molecule has 2 rings (SSSR count). The Morgan fingerprint density at radius 2 is 2.08 bits per heavy atom. The van der Waals surface area contributed by atoms with E-state index in [4.69, 9.17) is 4.74 Å². The Hall–Kier alpha value is -1.62. The highest BCUT2D eigenvalue weighted by atomic mass is 79.9. The second-order valence-corrected chi connectivity index (χ2v) is 7.78. The van der Waals surface area contributed by atoms with Gasteiger partial charge in [0.2, 0.25) is 0 Å². The summed E-state index contributed by atoms with van der Waals surface area (Å²) in [6, 6.07) is 9.26. The van der Waals surface area contributed by atoms with E-state index in [1.165, 1.54) is 0 Å². The fraction of sp³-hybridized carbons (Fsp3) is 0.450. The van der Waals surface area contributed by atoms with E-state index in [1.807, 2.05) is 24.3 Å². The molecule has 0 bridgehead atoms. The van der Waals surface area contributed by atoms with E-state index in [2.05, 4.69) is 47.0 Å². The van der Waals surface area contributed by atoms with Crippen molar-refractivity contribution < 1.29 is 9.13 Å². The van der Waals surface area contributed by atoms with Gasteiger partial charge in [-0.1, -0.05) is 33.3 Å². The van der Waals surface area contributed by atoms with Crippen LogP contribution in [-0.2, 0) is 6.42 Å². The summed E-state index contributed by atoms with van der Waals surface area (Å²) in [6.45, 7) is 7.70. The van der Waals surface area contributed by atoms with Gasteiger partial charge in [0.1, 0.15) is 5.82 Å². The Morgan fingerprint density at radius 1 is 1.28 bits per heavy atom. The minimum atomic E-state index is -0.311. The summed E-state index contributed by atoms with van der Waals surface area (Å²) in [4.78, 5) is 4.19. The van der Waals surface area contributed by atoms with Crippen molar-refractivity contribution in [1.82, 2.24) is 4.98 Å². The first-order valence-corrected chi connectivity index (χ1v) is 9.46. The molecule has 0 saturated heterocycles. The number of nitrogens with zero attached hydrogens (tertiary/aromatic N) is 1. The first-order chi connectivity index (χ1) is 11.9. The molecule has 1 N–H and O–H groups in total. The molecule has 0 atom stereocenters. The third-order valence-corrected chi connectivity index (χ3v) is 4.83. The Morgan fingerprint density at radius 3 is 2.72 bits per heavy atom. The van der Waals surface area contributed by atoms with Gasteiger partial charge in [0.05, 0.1) is 11.1 Å². The predicted octanol–water partition coefficient (Wildman–Crippen LogP) is 5.84. The highest BCUT2D eigenvalue weighted by Gasteiger charge is 2.18. The molecule has 0 aliphatic rings. The van der Waals surface area contributed by atoms with E-state index < -0.39 is 0 Å². The number of aromatic nitrogens is 1. The smallest absolute Gasteiger partial charge is 0.169 e. The van der Waals surface area contributed by atoms with Crippen LogP contribution in [0.25, 0.3) is 0 Å². The zero-order chi connectivity index (χ0) is 18.3. The lowest BCUT2D eigenvalue weighted by molar-refractivity contribution is 0.296. The first kappa shape index (κ1) is 19.7. The standard InChI is InChI=1S/C20H26BrFN2O/c1-4-20(2,3)14-15-12-16(21)19(17(22)13-15)25-11-7-10-24-18-8-5-6-9-23-18/h5-6,8-9,12-13H,4,7,10-11,14H2,1-3H3,(H,23,24). The Balaban J connectivity index is 1.85. The maximum atomic E-state index is 14.4. The number of hydrogen-bond acceptors (Lipinski definition) is 3. The van der Waals surface area contributed by atoms with Crippen LogP contribution < -0.4 is 10.1 Å². The fourth-order valence-electron chi connectivity index (χ4n) is 2.46. The minimum Gasteiger partial charge on any atom is -0.489 e. The van der Waals surface area contributed by atoms with E-state index in [0.717, 1.165) is 37.2 Å². The van der Waals surface area contributed by atoms with Gasteiger partial charge in [-0.15, -0.1) is 0 Å². The molecule has 0 radical (unpaired) electrons. The third-order valence-electron chi connectivity index (χ3n) is 4.24. The summed E-state index contributed by atoms with van der Waals surface area (Å²) in [5.74, 6) is 0.808. The van der Waals surface area contributed by atoms with Crippen LogP contribution in [0.15, 0.2) is 41.0 Å². The van der Waals surface area contributed by atoms with Crippen molar-refractivity contribution in [1.29, 1.82) is 0 Å². The summed E-state index contributed by atoms with van der Waals surface area (Å²) in [6.07, 6.45) is 4.39. The van der Waals surface area contributed by atoms with Crippen molar-refractivity contribution in [3.8, 4) is 5.75 Å². The number of halogens is 2. The molecular formula is C20H26BrFN2O. The predicted molar refractivity (Wildman–Crippen MR) is 105 cm³/mol. The summed E-state index contributed by atoms with van der Waals surface area (Å²) in [7, 11) is 0. The number of hydrogen-bond donors (Lipinski definition) is 1. The number of rotatable bonds is 9. The number of nitrogens with one attached hydrogen (secondary N) is 1. The van der Waals surface area contributed by atoms with Crippen molar-refractivity contribution in [2.45, 2.75) is 40.0 Å². The van der Waals surface area contributed by atoms with Gasteiger partial charge in [0.25, 0.3) is 0 Å². The van der Waals surface area contributed by atoms with Crippen molar-refractivity contribution in [3.05, 3.63) is 52.4 Å². The van der Waals surface area contributed by atoms with E-state index in [-0.39, 0.29) is 17.0 Å². The molecule has 0 saturated carbocycles. The van der Waals surface area contributed by atoms with Gasteiger partial charge < -0.3 is 10.1 Å². The van der Waals surface area contributed by atoms with Gasteiger partial charge in [0, 0.05) is 12.7 Å². The van der Waals surface area contributed by atoms with Crippen LogP contribution >= 0.6 is 15.9 Å². The van der Waals surface area contributed by atoms with Crippen LogP contribution in [0, 0.1) is 11.2 Å². The molecule has 136 valence electrons. The average molecular weight is 409 g/mol. The molecule has 0 spiro atoms. The molecule has 0 aliphatic heterocycles. The third kappa shape index (κ3) is 6.31. The van der Waals surface area contributed by atoms with Crippen molar-refractivity contribution in [2.75, 3.05) is 18.5 Å². The first-order valence-electron chi connectivity index (χ1n) is 8.67. The highest BCUT2D eigenvalue weighted by Crippen LogP contribution is 2.33. The topological polar surface area (TPSA) is 34.1 Å². The van der Waals surface area contributed by atoms with Crippen LogP contribution in [0.2, 0.25) is 0 Å².